The molecule has 0 aliphatic heterocycles. The number of nitrogens with zero attached hydrogens (tertiary/aromatic N) is 3. The maximum Gasteiger partial charge on any atom is 0.137 e. The molecule has 4 bridgehead atoms. The first-order valence-corrected chi connectivity index (χ1v) is 15.7. The van der Waals surface area contributed by atoms with Gasteiger partial charge in [0, 0.05) is 21.5 Å². The molecule has 0 saturated heterocycles. The first-order valence-electron chi connectivity index (χ1n) is 15.7. The second-order valence-electron chi connectivity index (χ2n) is 13.5. The lowest BCUT2D eigenvalue weighted by Crippen LogP contribution is -2.48. The fraction of sp³-hybridized carbons (Fsp3) is 0.256. The molecule has 0 amide bonds. The Morgan fingerprint density at radius 3 is 1.60 bits per heavy atom. The molecule has 42 heavy (non-hydrogen) atoms. The first-order chi connectivity index (χ1) is 20.7. The van der Waals surface area contributed by atoms with Crippen molar-refractivity contribution in [3.05, 3.63) is 115 Å². The van der Waals surface area contributed by atoms with Crippen LogP contribution in [-0.4, -0.2) is 14.1 Å². The lowest BCUT2D eigenvalue weighted by Gasteiger charge is -2.57. The van der Waals surface area contributed by atoms with Crippen molar-refractivity contribution in [1.82, 2.24) is 14.1 Å². The predicted octanol–water partition coefficient (Wildman–Crippen LogP) is 9.74. The number of pyridine rings is 1. The zero-order valence-corrected chi connectivity index (χ0v) is 23.7. The summed E-state index contributed by atoms with van der Waals surface area (Å²) < 4.78 is 4.75. The van der Waals surface area contributed by atoms with Gasteiger partial charge < -0.3 is 4.57 Å². The third-order valence-electron chi connectivity index (χ3n) is 11.1. The van der Waals surface area contributed by atoms with Gasteiger partial charge in [0.2, 0.25) is 0 Å². The summed E-state index contributed by atoms with van der Waals surface area (Å²) in [7, 11) is 0. The average molecular weight is 544 g/mol. The molecule has 4 saturated carbocycles. The Labute approximate surface area is 245 Å². The normalized spacial score (nSPS) is 24.9. The van der Waals surface area contributed by atoms with E-state index in [0.717, 1.165) is 29.3 Å². The van der Waals surface area contributed by atoms with Crippen molar-refractivity contribution in [2.45, 2.75) is 43.9 Å². The Kier molecular flexibility index (Phi) is 4.62. The maximum absolute atomic E-state index is 5.16. The van der Waals surface area contributed by atoms with Crippen LogP contribution < -0.4 is 0 Å². The molecule has 4 aliphatic carbocycles. The molecule has 4 aliphatic rings. The van der Waals surface area contributed by atoms with E-state index < -0.39 is 0 Å². The minimum absolute atomic E-state index is 0.373. The number of benzene rings is 4. The van der Waals surface area contributed by atoms with E-state index in [2.05, 4.69) is 118 Å². The third kappa shape index (κ3) is 3.14. The summed E-state index contributed by atoms with van der Waals surface area (Å²) in [4.78, 5) is 5.16. The van der Waals surface area contributed by atoms with Crippen LogP contribution in [0.3, 0.4) is 0 Å². The van der Waals surface area contributed by atoms with Crippen LogP contribution in [-0.2, 0) is 5.41 Å². The van der Waals surface area contributed by atoms with Gasteiger partial charge in [-0.25, -0.2) is 4.98 Å². The summed E-state index contributed by atoms with van der Waals surface area (Å²) in [6, 6.07) is 38.1. The molecule has 0 atom stereocenters. The van der Waals surface area contributed by atoms with Gasteiger partial charge >= 0.3 is 0 Å². The van der Waals surface area contributed by atoms with Gasteiger partial charge in [-0.1, -0.05) is 66.7 Å². The summed E-state index contributed by atoms with van der Waals surface area (Å²) in [5.41, 5.74) is 7.98. The monoisotopic (exact) mass is 543 g/mol. The number of hydrogen-bond donors (Lipinski definition) is 0. The van der Waals surface area contributed by atoms with E-state index in [1.54, 1.807) is 5.56 Å². The van der Waals surface area contributed by atoms with Crippen molar-refractivity contribution in [2.24, 2.45) is 17.8 Å². The topological polar surface area (TPSA) is 22.8 Å². The SMILES string of the molecule is c1ccc2c(c1)c1ccccc1n2-c1ccc(-n2c3ccccc3c3ccc(C45CC6CC(CC(C6)C4)C5)cc32)nc1. The summed E-state index contributed by atoms with van der Waals surface area (Å²) >= 11 is 0. The minimum Gasteiger partial charge on any atom is -0.308 e. The van der Waals surface area contributed by atoms with Crippen molar-refractivity contribution >= 4 is 43.6 Å². The van der Waals surface area contributed by atoms with E-state index in [0.29, 0.717) is 5.41 Å². The Morgan fingerprint density at radius 2 is 1.05 bits per heavy atom. The fourth-order valence-electron chi connectivity index (χ4n) is 9.85. The van der Waals surface area contributed by atoms with Crippen LogP contribution in [0.1, 0.15) is 44.1 Å². The van der Waals surface area contributed by atoms with E-state index >= 15 is 0 Å². The molecule has 3 heterocycles. The molecule has 11 rings (SSSR count). The lowest BCUT2D eigenvalue weighted by molar-refractivity contribution is -0.00513. The molecule has 0 radical (unpaired) electrons. The summed E-state index contributed by atoms with van der Waals surface area (Å²) in [5, 5.41) is 5.18. The summed E-state index contributed by atoms with van der Waals surface area (Å²) in [5.74, 6) is 3.79. The quantitative estimate of drug-likeness (QED) is 0.217. The lowest BCUT2D eigenvalue weighted by atomic mass is 9.48. The average Bonchev–Trinajstić information content (AvgIpc) is 3.53. The summed E-state index contributed by atoms with van der Waals surface area (Å²) in [6.07, 6.45) is 10.6. The van der Waals surface area contributed by atoms with Crippen molar-refractivity contribution in [1.29, 1.82) is 0 Å². The zero-order valence-electron chi connectivity index (χ0n) is 23.7. The van der Waals surface area contributed by atoms with Gasteiger partial charge in [0.15, 0.2) is 0 Å². The second-order valence-corrected chi connectivity index (χ2v) is 13.5. The molecule has 3 nitrogen and oxygen atoms in total. The number of aromatic nitrogens is 3. The van der Waals surface area contributed by atoms with Gasteiger partial charge in [-0.05, 0) is 104 Å². The molecule has 7 aromatic rings. The number of rotatable bonds is 3. The molecule has 3 aromatic heterocycles. The largest absolute Gasteiger partial charge is 0.308 e. The van der Waals surface area contributed by atoms with Gasteiger partial charge in [-0.2, -0.15) is 0 Å². The zero-order chi connectivity index (χ0) is 27.4. The van der Waals surface area contributed by atoms with E-state index in [-0.39, 0.29) is 0 Å². The molecular weight excluding hydrogens is 510 g/mol. The highest BCUT2D eigenvalue weighted by molar-refractivity contribution is 6.10. The van der Waals surface area contributed by atoms with Gasteiger partial charge in [0.25, 0.3) is 0 Å². The molecule has 0 N–H and O–H groups in total. The van der Waals surface area contributed by atoms with Crippen molar-refractivity contribution < 1.29 is 0 Å². The number of para-hydroxylation sites is 3. The van der Waals surface area contributed by atoms with Gasteiger partial charge in [0.1, 0.15) is 5.82 Å². The Hall–Kier alpha value is -4.37. The molecule has 4 aromatic carbocycles. The van der Waals surface area contributed by atoms with Gasteiger partial charge in [-0.15, -0.1) is 0 Å². The number of fused-ring (bicyclic) bond motifs is 6. The predicted molar refractivity (Wildman–Crippen MR) is 173 cm³/mol. The van der Waals surface area contributed by atoms with Crippen molar-refractivity contribution in [3.8, 4) is 11.5 Å². The van der Waals surface area contributed by atoms with Crippen LogP contribution in [0.5, 0.6) is 0 Å². The minimum atomic E-state index is 0.373. The number of hydrogen-bond acceptors (Lipinski definition) is 1. The summed E-state index contributed by atoms with van der Waals surface area (Å²) in [6.45, 7) is 0. The standard InChI is InChI=1S/C39H33N3/c1-4-10-34-30(7-1)31-8-2-5-11-35(31)41(34)29-14-16-38(40-24-29)42-36-12-6-3-9-32(36)33-15-13-28(20-37(33)42)39-21-25-17-26(22-39)19-27(18-25)23-39/h1-16,20,24-27H,17-19,21-23H2. The van der Waals surface area contributed by atoms with Crippen LogP contribution in [0.25, 0.3) is 55.1 Å². The smallest absolute Gasteiger partial charge is 0.137 e. The van der Waals surface area contributed by atoms with Crippen LogP contribution >= 0.6 is 0 Å². The molecular formula is C39H33N3. The Balaban J connectivity index is 1.15. The van der Waals surface area contributed by atoms with E-state index in [4.69, 9.17) is 4.98 Å². The Bertz CT molecular complexity index is 2090. The molecule has 0 spiro atoms. The molecule has 204 valence electrons. The van der Waals surface area contributed by atoms with E-state index in [9.17, 15) is 0 Å². The highest BCUT2D eigenvalue weighted by Gasteiger charge is 2.51. The second kappa shape index (κ2) is 8.35. The van der Waals surface area contributed by atoms with Crippen LogP contribution in [0.15, 0.2) is 109 Å². The van der Waals surface area contributed by atoms with Crippen LogP contribution in [0, 0.1) is 17.8 Å². The Morgan fingerprint density at radius 1 is 0.524 bits per heavy atom. The van der Waals surface area contributed by atoms with Crippen molar-refractivity contribution in [3.63, 3.8) is 0 Å². The molecule has 0 unspecified atom stereocenters. The van der Waals surface area contributed by atoms with Crippen molar-refractivity contribution in [2.75, 3.05) is 0 Å². The highest BCUT2D eigenvalue weighted by Crippen LogP contribution is 2.61. The third-order valence-corrected chi connectivity index (χ3v) is 11.1. The molecule has 3 heteroatoms. The van der Waals surface area contributed by atoms with Gasteiger partial charge in [-0.3, -0.25) is 4.57 Å². The van der Waals surface area contributed by atoms with Crippen LogP contribution in [0.4, 0.5) is 0 Å². The van der Waals surface area contributed by atoms with Gasteiger partial charge in [0.05, 0.1) is 34.0 Å². The maximum atomic E-state index is 5.16. The first kappa shape index (κ1) is 23.2. The van der Waals surface area contributed by atoms with E-state index in [1.807, 2.05) is 0 Å². The molecule has 4 fully saturated rings. The van der Waals surface area contributed by atoms with E-state index in [1.165, 1.54) is 82.1 Å². The van der Waals surface area contributed by atoms with Crippen LogP contribution in [0.2, 0.25) is 0 Å². The fourth-order valence-corrected chi connectivity index (χ4v) is 9.85. The highest BCUT2D eigenvalue weighted by atomic mass is 15.1.